The lowest BCUT2D eigenvalue weighted by atomic mass is 10.1. The fourth-order valence-electron chi connectivity index (χ4n) is 2.80. The highest BCUT2D eigenvalue weighted by Crippen LogP contribution is 2.29. The van der Waals surface area contributed by atoms with Gasteiger partial charge in [-0.2, -0.15) is 0 Å². The first kappa shape index (κ1) is 23.1. The zero-order valence-corrected chi connectivity index (χ0v) is 17.9. The standard InChI is InChI=1S/C23H29NO6/c1-5-28-20-9-7-17(13-22(20)29-6-2)11-12-24-23(26)15-30-19-10-8-18(16(3)25)14-21(19)27-4/h7-10,13-14H,5-6,11-12,15H2,1-4H3,(H,24,26). The first-order valence-electron chi connectivity index (χ1n) is 9.95. The Morgan fingerprint density at radius 3 is 2.20 bits per heavy atom. The number of carbonyl (C=O) groups is 2. The summed E-state index contributed by atoms with van der Waals surface area (Å²) < 4.78 is 22.0. The van der Waals surface area contributed by atoms with Crippen LogP contribution in [-0.2, 0) is 11.2 Å². The van der Waals surface area contributed by atoms with Crippen molar-refractivity contribution in [2.75, 3.05) is 33.5 Å². The van der Waals surface area contributed by atoms with Crippen LogP contribution in [0.15, 0.2) is 36.4 Å². The van der Waals surface area contributed by atoms with Crippen molar-refractivity contribution in [2.24, 2.45) is 0 Å². The van der Waals surface area contributed by atoms with Gasteiger partial charge in [0.2, 0.25) is 0 Å². The van der Waals surface area contributed by atoms with Crippen LogP contribution in [0.25, 0.3) is 0 Å². The van der Waals surface area contributed by atoms with E-state index in [4.69, 9.17) is 18.9 Å². The average molecular weight is 415 g/mol. The van der Waals surface area contributed by atoms with Crippen LogP contribution in [0.5, 0.6) is 23.0 Å². The zero-order chi connectivity index (χ0) is 21.9. The van der Waals surface area contributed by atoms with E-state index in [9.17, 15) is 9.59 Å². The summed E-state index contributed by atoms with van der Waals surface area (Å²) in [5.41, 5.74) is 1.55. The molecule has 0 aliphatic carbocycles. The van der Waals surface area contributed by atoms with Gasteiger partial charge in [-0.05, 0) is 63.1 Å². The molecule has 0 spiro atoms. The average Bonchev–Trinajstić information content (AvgIpc) is 2.74. The van der Waals surface area contributed by atoms with Gasteiger partial charge in [-0.25, -0.2) is 0 Å². The van der Waals surface area contributed by atoms with E-state index in [0.29, 0.717) is 54.7 Å². The zero-order valence-electron chi connectivity index (χ0n) is 17.9. The maximum absolute atomic E-state index is 12.1. The molecule has 1 N–H and O–H groups in total. The van der Waals surface area contributed by atoms with Crippen molar-refractivity contribution < 1.29 is 28.5 Å². The summed E-state index contributed by atoms with van der Waals surface area (Å²) in [6.45, 7) is 6.75. The molecule has 7 nitrogen and oxygen atoms in total. The Hall–Kier alpha value is -3.22. The maximum Gasteiger partial charge on any atom is 0.257 e. The lowest BCUT2D eigenvalue weighted by Crippen LogP contribution is -2.30. The second-order valence-electron chi connectivity index (χ2n) is 6.46. The highest BCUT2D eigenvalue weighted by atomic mass is 16.5. The van der Waals surface area contributed by atoms with Crippen LogP contribution < -0.4 is 24.3 Å². The second-order valence-corrected chi connectivity index (χ2v) is 6.46. The molecule has 30 heavy (non-hydrogen) atoms. The fourth-order valence-corrected chi connectivity index (χ4v) is 2.80. The minimum absolute atomic E-state index is 0.0700. The number of hydrogen-bond acceptors (Lipinski definition) is 6. The van der Waals surface area contributed by atoms with Crippen molar-refractivity contribution in [1.82, 2.24) is 5.32 Å². The first-order valence-corrected chi connectivity index (χ1v) is 9.95. The predicted octanol–water partition coefficient (Wildman–Crippen LogP) is 3.43. The second kappa shape index (κ2) is 11.7. The highest BCUT2D eigenvalue weighted by Gasteiger charge is 2.11. The van der Waals surface area contributed by atoms with Crippen LogP contribution in [0.4, 0.5) is 0 Å². The lowest BCUT2D eigenvalue weighted by molar-refractivity contribution is -0.123. The molecule has 0 radical (unpaired) electrons. The van der Waals surface area contributed by atoms with Gasteiger partial charge in [-0.1, -0.05) is 6.07 Å². The molecule has 7 heteroatoms. The van der Waals surface area contributed by atoms with Gasteiger partial charge in [0, 0.05) is 12.1 Å². The van der Waals surface area contributed by atoms with E-state index in [1.807, 2.05) is 32.0 Å². The molecule has 2 aromatic rings. The van der Waals surface area contributed by atoms with Gasteiger partial charge in [0.25, 0.3) is 5.91 Å². The third kappa shape index (κ3) is 6.69. The Morgan fingerprint density at radius 1 is 0.867 bits per heavy atom. The van der Waals surface area contributed by atoms with E-state index in [-0.39, 0.29) is 18.3 Å². The summed E-state index contributed by atoms with van der Waals surface area (Å²) in [6, 6.07) is 10.6. The van der Waals surface area contributed by atoms with Gasteiger partial charge in [0.05, 0.1) is 20.3 Å². The van der Waals surface area contributed by atoms with Gasteiger partial charge in [0.1, 0.15) is 0 Å². The summed E-state index contributed by atoms with van der Waals surface area (Å²) in [5, 5.41) is 2.83. The first-order chi connectivity index (χ1) is 14.5. The van der Waals surface area contributed by atoms with Crippen LogP contribution in [0, 0.1) is 0 Å². The largest absolute Gasteiger partial charge is 0.493 e. The number of carbonyl (C=O) groups excluding carboxylic acids is 2. The minimum Gasteiger partial charge on any atom is -0.493 e. The third-order valence-electron chi connectivity index (χ3n) is 4.27. The van der Waals surface area contributed by atoms with Gasteiger partial charge in [-0.15, -0.1) is 0 Å². The molecule has 0 aromatic heterocycles. The van der Waals surface area contributed by atoms with Crippen LogP contribution in [0.2, 0.25) is 0 Å². The number of methoxy groups -OCH3 is 1. The van der Waals surface area contributed by atoms with Crippen LogP contribution in [0.1, 0.15) is 36.7 Å². The number of Topliss-reactive ketones (excluding diaryl/α,β-unsaturated/α-hetero) is 1. The van der Waals surface area contributed by atoms with Crippen LogP contribution >= 0.6 is 0 Å². The number of amides is 1. The molecule has 0 bridgehead atoms. The van der Waals surface area contributed by atoms with Gasteiger partial charge in [0.15, 0.2) is 35.4 Å². The van der Waals surface area contributed by atoms with E-state index in [0.717, 1.165) is 5.56 Å². The normalized spacial score (nSPS) is 10.3. The fraction of sp³-hybridized carbons (Fsp3) is 0.391. The summed E-state index contributed by atoms with van der Waals surface area (Å²) in [4.78, 5) is 23.6. The number of nitrogens with one attached hydrogen (secondary N) is 1. The molecule has 0 atom stereocenters. The Balaban J connectivity index is 1.85. The monoisotopic (exact) mass is 415 g/mol. The molecule has 0 aliphatic rings. The lowest BCUT2D eigenvalue weighted by Gasteiger charge is -2.13. The number of hydrogen-bond donors (Lipinski definition) is 1. The smallest absolute Gasteiger partial charge is 0.257 e. The Bertz CT molecular complexity index is 865. The van der Waals surface area contributed by atoms with Crippen LogP contribution in [-0.4, -0.2) is 45.2 Å². The molecular weight excluding hydrogens is 386 g/mol. The summed E-state index contributed by atoms with van der Waals surface area (Å²) >= 11 is 0. The summed E-state index contributed by atoms with van der Waals surface area (Å²) in [7, 11) is 1.49. The van der Waals surface area contributed by atoms with Crippen molar-refractivity contribution in [2.45, 2.75) is 27.2 Å². The Morgan fingerprint density at radius 2 is 1.53 bits per heavy atom. The van der Waals surface area contributed by atoms with E-state index >= 15 is 0 Å². The Kier molecular flexibility index (Phi) is 9.00. The number of rotatable bonds is 12. The molecule has 0 saturated carbocycles. The predicted molar refractivity (Wildman–Crippen MR) is 114 cm³/mol. The molecule has 0 heterocycles. The topological polar surface area (TPSA) is 83.1 Å². The van der Waals surface area contributed by atoms with Crippen molar-refractivity contribution in [1.29, 1.82) is 0 Å². The summed E-state index contributed by atoms with van der Waals surface area (Å²) in [5.74, 6) is 1.92. The third-order valence-corrected chi connectivity index (χ3v) is 4.27. The Labute approximate surface area is 177 Å². The van der Waals surface area contributed by atoms with E-state index in [1.54, 1.807) is 18.2 Å². The van der Waals surface area contributed by atoms with Crippen molar-refractivity contribution in [3.63, 3.8) is 0 Å². The minimum atomic E-state index is -0.247. The SMILES string of the molecule is CCOc1ccc(CCNC(=O)COc2ccc(C(C)=O)cc2OC)cc1OCC. The van der Waals surface area contributed by atoms with Crippen LogP contribution in [0.3, 0.4) is 0 Å². The van der Waals surface area contributed by atoms with E-state index in [1.165, 1.54) is 14.0 Å². The molecule has 162 valence electrons. The van der Waals surface area contributed by atoms with Crippen molar-refractivity contribution in [3.05, 3.63) is 47.5 Å². The highest BCUT2D eigenvalue weighted by molar-refractivity contribution is 5.94. The molecule has 0 aliphatic heterocycles. The van der Waals surface area contributed by atoms with Gasteiger partial charge in [-0.3, -0.25) is 9.59 Å². The molecule has 2 rings (SSSR count). The molecule has 0 fully saturated rings. The van der Waals surface area contributed by atoms with E-state index in [2.05, 4.69) is 5.32 Å². The van der Waals surface area contributed by atoms with Crippen molar-refractivity contribution >= 4 is 11.7 Å². The van der Waals surface area contributed by atoms with E-state index < -0.39 is 0 Å². The molecule has 2 aromatic carbocycles. The maximum atomic E-state index is 12.1. The quantitative estimate of drug-likeness (QED) is 0.535. The van der Waals surface area contributed by atoms with Crippen molar-refractivity contribution in [3.8, 4) is 23.0 Å². The summed E-state index contributed by atoms with van der Waals surface area (Å²) in [6.07, 6.45) is 0.648. The van der Waals surface area contributed by atoms with Gasteiger partial charge < -0.3 is 24.3 Å². The molecular formula is C23H29NO6. The molecule has 1 amide bonds. The molecule has 0 unspecified atom stereocenters. The number of ketones is 1. The van der Waals surface area contributed by atoms with Gasteiger partial charge >= 0.3 is 0 Å². The number of ether oxygens (including phenoxy) is 4. The number of benzene rings is 2. The molecule has 0 saturated heterocycles.